The van der Waals surface area contributed by atoms with E-state index in [9.17, 15) is 4.79 Å². The van der Waals surface area contributed by atoms with E-state index in [-0.39, 0.29) is 12.5 Å². The van der Waals surface area contributed by atoms with Crippen LogP contribution in [0.3, 0.4) is 0 Å². The Labute approximate surface area is 169 Å². The van der Waals surface area contributed by atoms with Gasteiger partial charge in [-0.2, -0.15) is 0 Å². The minimum Gasteiger partial charge on any atom is -0.493 e. The van der Waals surface area contributed by atoms with Gasteiger partial charge < -0.3 is 19.4 Å². The van der Waals surface area contributed by atoms with Crippen LogP contribution in [-0.2, 0) is 4.79 Å². The number of para-hydroxylation sites is 2. The van der Waals surface area contributed by atoms with E-state index < -0.39 is 0 Å². The quantitative estimate of drug-likeness (QED) is 0.682. The Bertz CT molecular complexity index is 977. The fraction of sp³-hybridized carbons (Fsp3) is 0.318. The zero-order valence-electron chi connectivity index (χ0n) is 15.8. The van der Waals surface area contributed by atoms with Gasteiger partial charge in [0.15, 0.2) is 18.1 Å². The zero-order valence-corrected chi connectivity index (χ0v) is 16.5. The maximum absolute atomic E-state index is 12.6. The van der Waals surface area contributed by atoms with Crippen molar-refractivity contribution < 1.29 is 14.3 Å². The lowest BCUT2D eigenvalue weighted by atomic mass is 9.89. The molecule has 0 aliphatic carbocycles. The van der Waals surface area contributed by atoms with Gasteiger partial charge in [-0.1, -0.05) is 23.7 Å². The van der Waals surface area contributed by atoms with Crippen LogP contribution in [0.5, 0.6) is 11.5 Å². The molecule has 0 unspecified atom stereocenters. The van der Waals surface area contributed by atoms with Gasteiger partial charge in [0, 0.05) is 35.2 Å². The Morgan fingerprint density at radius 1 is 1.18 bits per heavy atom. The molecule has 1 aliphatic heterocycles. The monoisotopic (exact) mass is 398 g/mol. The van der Waals surface area contributed by atoms with Gasteiger partial charge in [0.1, 0.15) is 0 Å². The van der Waals surface area contributed by atoms with Crippen LogP contribution in [0.1, 0.15) is 24.3 Å². The first-order chi connectivity index (χ1) is 13.7. The SMILES string of the molecule is COc1ccccc1OCC(=O)N1CCC(c2c[nH]c3ccc(Cl)cc23)CC1. The van der Waals surface area contributed by atoms with E-state index >= 15 is 0 Å². The molecule has 0 radical (unpaired) electrons. The maximum atomic E-state index is 12.6. The topological polar surface area (TPSA) is 54.6 Å². The maximum Gasteiger partial charge on any atom is 0.260 e. The predicted molar refractivity (Wildman–Crippen MR) is 110 cm³/mol. The number of hydrogen-bond acceptors (Lipinski definition) is 3. The minimum absolute atomic E-state index is 0.00586. The van der Waals surface area contributed by atoms with Gasteiger partial charge in [-0.3, -0.25) is 4.79 Å². The molecule has 1 amide bonds. The number of aromatic nitrogens is 1. The lowest BCUT2D eigenvalue weighted by molar-refractivity contribution is -0.134. The molecule has 28 heavy (non-hydrogen) atoms. The molecule has 0 spiro atoms. The van der Waals surface area contributed by atoms with Crippen molar-refractivity contribution in [3.8, 4) is 11.5 Å². The van der Waals surface area contributed by atoms with Crippen molar-refractivity contribution >= 4 is 28.4 Å². The van der Waals surface area contributed by atoms with Gasteiger partial charge >= 0.3 is 0 Å². The molecule has 146 valence electrons. The molecular formula is C22H23ClN2O3. The van der Waals surface area contributed by atoms with E-state index in [0.717, 1.165) is 36.5 Å². The molecule has 0 bridgehead atoms. The number of piperidine rings is 1. The van der Waals surface area contributed by atoms with Crippen molar-refractivity contribution in [1.29, 1.82) is 0 Å². The number of nitrogens with zero attached hydrogens (tertiary/aromatic N) is 1. The Morgan fingerprint density at radius 2 is 1.93 bits per heavy atom. The normalized spacial score (nSPS) is 15.0. The minimum atomic E-state index is 0.00586. The highest BCUT2D eigenvalue weighted by Crippen LogP contribution is 2.34. The number of benzene rings is 2. The zero-order chi connectivity index (χ0) is 19.5. The van der Waals surface area contributed by atoms with E-state index in [1.54, 1.807) is 13.2 Å². The number of carbonyl (C=O) groups is 1. The molecule has 5 nitrogen and oxygen atoms in total. The number of nitrogens with one attached hydrogen (secondary N) is 1. The largest absolute Gasteiger partial charge is 0.493 e. The summed E-state index contributed by atoms with van der Waals surface area (Å²) in [6.07, 6.45) is 3.94. The Balaban J connectivity index is 1.35. The second-order valence-electron chi connectivity index (χ2n) is 7.03. The van der Waals surface area contributed by atoms with Gasteiger partial charge in [0.25, 0.3) is 5.91 Å². The first kappa shape index (κ1) is 18.7. The van der Waals surface area contributed by atoms with Crippen molar-refractivity contribution in [1.82, 2.24) is 9.88 Å². The number of amides is 1. The summed E-state index contributed by atoms with van der Waals surface area (Å²) in [7, 11) is 1.59. The molecule has 1 fully saturated rings. The van der Waals surface area contributed by atoms with Crippen molar-refractivity contribution in [3.63, 3.8) is 0 Å². The third kappa shape index (κ3) is 3.80. The molecule has 1 saturated heterocycles. The van der Waals surface area contributed by atoms with Crippen LogP contribution in [0, 0.1) is 0 Å². The van der Waals surface area contributed by atoms with Crippen molar-refractivity contribution in [2.45, 2.75) is 18.8 Å². The highest BCUT2D eigenvalue weighted by atomic mass is 35.5. The number of likely N-dealkylation sites (tertiary alicyclic amines) is 1. The highest BCUT2D eigenvalue weighted by Gasteiger charge is 2.25. The van der Waals surface area contributed by atoms with E-state index in [1.807, 2.05) is 41.3 Å². The van der Waals surface area contributed by atoms with Crippen LogP contribution >= 0.6 is 11.6 Å². The summed E-state index contributed by atoms with van der Waals surface area (Å²) in [4.78, 5) is 17.8. The van der Waals surface area contributed by atoms with Crippen LogP contribution in [0.4, 0.5) is 0 Å². The summed E-state index contributed by atoms with van der Waals surface area (Å²) < 4.78 is 10.9. The summed E-state index contributed by atoms with van der Waals surface area (Å²) >= 11 is 6.17. The molecule has 2 aromatic carbocycles. The smallest absolute Gasteiger partial charge is 0.260 e. The molecule has 6 heteroatoms. The number of hydrogen-bond donors (Lipinski definition) is 1. The molecular weight excluding hydrogens is 376 g/mol. The number of H-pyrrole nitrogens is 1. The number of carbonyl (C=O) groups excluding carboxylic acids is 1. The Kier molecular flexibility index (Phi) is 5.44. The fourth-order valence-corrected chi connectivity index (χ4v) is 4.03. The third-order valence-corrected chi connectivity index (χ3v) is 5.62. The Morgan fingerprint density at radius 3 is 2.68 bits per heavy atom. The molecule has 0 atom stereocenters. The van der Waals surface area contributed by atoms with E-state index in [4.69, 9.17) is 21.1 Å². The van der Waals surface area contributed by atoms with Gasteiger partial charge in [0.05, 0.1) is 7.11 Å². The molecule has 1 aromatic heterocycles. The molecule has 3 aromatic rings. The Hall–Kier alpha value is -2.66. The van der Waals surface area contributed by atoms with E-state index in [2.05, 4.69) is 11.2 Å². The number of ether oxygens (including phenoxy) is 2. The summed E-state index contributed by atoms with van der Waals surface area (Å²) in [5.41, 5.74) is 2.39. The highest BCUT2D eigenvalue weighted by molar-refractivity contribution is 6.31. The average Bonchev–Trinajstić information content (AvgIpc) is 3.15. The van der Waals surface area contributed by atoms with Gasteiger partial charge in [-0.05, 0) is 54.7 Å². The van der Waals surface area contributed by atoms with Crippen molar-refractivity contribution in [2.75, 3.05) is 26.8 Å². The van der Waals surface area contributed by atoms with Crippen LogP contribution in [-0.4, -0.2) is 42.6 Å². The number of halogens is 1. The average molecular weight is 399 g/mol. The summed E-state index contributed by atoms with van der Waals surface area (Å²) in [5.74, 6) is 1.65. The second-order valence-corrected chi connectivity index (χ2v) is 7.46. The number of aromatic amines is 1. The first-order valence-electron chi connectivity index (χ1n) is 9.46. The summed E-state index contributed by atoms with van der Waals surface area (Å²) in [6.45, 7) is 1.48. The molecule has 0 saturated carbocycles. The van der Waals surface area contributed by atoms with Gasteiger partial charge in [-0.15, -0.1) is 0 Å². The fourth-order valence-electron chi connectivity index (χ4n) is 3.86. The molecule has 4 rings (SSSR count). The van der Waals surface area contributed by atoms with E-state index in [0.29, 0.717) is 17.4 Å². The first-order valence-corrected chi connectivity index (χ1v) is 9.83. The van der Waals surface area contributed by atoms with Crippen LogP contribution in [0.25, 0.3) is 10.9 Å². The van der Waals surface area contributed by atoms with Crippen molar-refractivity contribution in [3.05, 3.63) is 59.2 Å². The van der Waals surface area contributed by atoms with Crippen molar-refractivity contribution in [2.24, 2.45) is 0 Å². The number of fused-ring (bicyclic) bond motifs is 1. The van der Waals surface area contributed by atoms with Crippen LogP contribution in [0.2, 0.25) is 5.02 Å². The number of methoxy groups -OCH3 is 1. The predicted octanol–water partition coefficient (Wildman–Crippen LogP) is 4.61. The third-order valence-electron chi connectivity index (χ3n) is 5.38. The standard InChI is InChI=1S/C22H23ClN2O3/c1-27-20-4-2-3-5-21(20)28-14-22(26)25-10-8-15(9-11-25)18-13-24-19-7-6-16(23)12-17(18)19/h2-7,12-13,15,24H,8-11,14H2,1H3. The molecule has 1 aliphatic rings. The molecule has 2 heterocycles. The molecule has 1 N–H and O–H groups in total. The lowest BCUT2D eigenvalue weighted by Crippen LogP contribution is -2.40. The van der Waals surface area contributed by atoms with E-state index in [1.165, 1.54) is 10.9 Å². The number of rotatable bonds is 5. The second kappa shape index (κ2) is 8.15. The van der Waals surface area contributed by atoms with Gasteiger partial charge in [-0.25, -0.2) is 0 Å². The van der Waals surface area contributed by atoms with Gasteiger partial charge in [0.2, 0.25) is 0 Å². The van der Waals surface area contributed by atoms with Crippen LogP contribution < -0.4 is 9.47 Å². The lowest BCUT2D eigenvalue weighted by Gasteiger charge is -2.32. The summed E-state index contributed by atoms with van der Waals surface area (Å²) in [6, 6.07) is 13.3. The summed E-state index contributed by atoms with van der Waals surface area (Å²) in [5, 5.41) is 1.92. The van der Waals surface area contributed by atoms with Crippen LogP contribution in [0.15, 0.2) is 48.7 Å².